The van der Waals surface area contributed by atoms with Crippen molar-refractivity contribution in [3.8, 4) is 23.0 Å². The van der Waals surface area contributed by atoms with Gasteiger partial charge in [0.2, 0.25) is 0 Å². The number of hydrogen-bond acceptors (Lipinski definition) is 6. The van der Waals surface area contributed by atoms with E-state index >= 15 is 0 Å². The third-order valence-corrected chi connectivity index (χ3v) is 4.40. The lowest BCUT2D eigenvalue weighted by Gasteiger charge is -1.94. The Morgan fingerprint density at radius 1 is 0.667 bits per heavy atom. The molecule has 9 heteroatoms. The first-order valence-corrected chi connectivity index (χ1v) is 8.31. The lowest BCUT2D eigenvalue weighted by atomic mass is 10.3. The molecule has 0 unspecified atom stereocenters. The fourth-order valence-electron chi connectivity index (χ4n) is 3.08. The Balaban J connectivity index is 1.46. The number of aromatic nitrogens is 9. The Morgan fingerprint density at radius 2 is 1.44 bits per heavy atom. The van der Waals surface area contributed by atoms with Gasteiger partial charge in [-0.1, -0.05) is 0 Å². The van der Waals surface area contributed by atoms with Gasteiger partial charge in [-0.15, -0.1) is 0 Å². The van der Waals surface area contributed by atoms with Gasteiger partial charge in [0, 0.05) is 6.20 Å². The van der Waals surface area contributed by atoms with E-state index in [1.54, 1.807) is 18.7 Å². The van der Waals surface area contributed by atoms with Crippen LogP contribution in [0.5, 0.6) is 0 Å². The van der Waals surface area contributed by atoms with Crippen molar-refractivity contribution in [3.63, 3.8) is 0 Å². The molecule has 0 saturated carbocycles. The number of imidazole rings is 3. The molecule has 6 aromatic heterocycles. The number of H-pyrrole nitrogens is 3. The first kappa shape index (κ1) is 14.1. The van der Waals surface area contributed by atoms with Gasteiger partial charge in [-0.2, -0.15) is 0 Å². The van der Waals surface area contributed by atoms with Crippen molar-refractivity contribution in [2.45, 2.75) is 0 Å². The van der Waals surface area contributed by atoms with Crippen molar-refractivity contribution < 1.29 is 0 Å². The molecule has 0 aromatic carbocycles. The molecule has 0 atom stereocenters. The van der Waals surface area contributed by atoms with Crippen molar-refractivity contribution in [2.24, 2.45) is 0 Å². The van der Waals surface area contributed by atoms with E-state index in [1.807, 2.05) is 30.3 Å². The molecule has 0 amide bonds. The van der Waals surface area contributed by atoms with E-state index in [1.165, 1.54) is 0 Å². The van der Waals surface area contributed by atoms with Gasteiger partial charge in [0.1, 0.15) is 11.4 Å². The molecule has 0 aliphatic rings. The average molecular weight is 353 g/mol. The fraction of sp³-hybridized carbons (Fsp3) is 0. The zero-order chi connectivity index (χ0) is 17.8. The first-order valence-electron chi connectivity index (χ1n) is 8.31. The number of fused-ring (bicyclic) bond motifs is 3. The van der Waals surface area contributed by atoms with E-state index in [4.69, 9.17) is 0 Å². The maximum absolute atomic E-state index is 4.63. The van der Waals surface area contributed by atoms with Crippen LogP contribution in [0, 0.1) is 0 Å². The second-order valence-corrected chi connectivity index (χ2v) is 6.10. The minimum absolute atomic E-state index is 0.602. The Hall–Kier alpha value is -4.14. The first-order chi connectivity index (χ1) is 13.3. The summed E-state index contributed by atoms with van der Waals surface area (Å²) in [5, 5.41) is 0. The van der Waals surface area contributed by atoms with Crippen molar-refractivity contribution in [3.05, 3.63) is 49.1 Å². The maximum atomic E-state index is 4.63. The monoisotopic (exact) mass is 353 g/mol. The summed E-state index contributed by atoms with van der Waals surface area (Å²) < 4.78 is 0. The Bertz CT molecular complexity index is 1410. The van der Waals surface area contributed by atoms with Gasteiger partial charge in [-0.25, -0.2) is 24.9 Å². The summed E-state index contributed by atoms with van der Waals surface area (Å²) in [6.07, 6.45) is 5.08. The van der Waals surface area contributed by atoms with E-state index < -0.39 is 0 Å². The molecule has 0 bridgehead atoms. The van der Waals surface area contributed by atoms with Gasteiger partial charge in [-0.05, 0) is 30.3 Å². The highest BCUT2D eigenvalue weighted by Crippen LogP contribution is 2.23. The summed E-state index contributed by atoms with van der Waals surface area (Å²) in [6, 6.07) is 9.52. The minimum Gasteiger partial charge on any atom is -0.343 e. The predicted octanol–water partition coefficient (Wildman–Crippen LogP) is 2.83. The van der Waals surface area contributed by atoms with Gasteiger partial charge < -0.3 is 15.0 Å². The molecule has 0 radical (unpaired) electrons. The number of nitrogens with one attached hydrogen (secondary N) is 3. The van der Waals surface area contributed by atoms with Gasteiger partial charge in [0.05, 0.1) is 34.6 Å². The van der Waals surface area contributed by atoms with Gasteiger partial charge in [0.15, 0.2) is 22.9 Å². The molecule has 3 N–H and O–H groups in total. The van der Waals surface area contributed by atoms with E-state index in [9.17, 15) is 0 Å². The second-order valence-electron chi connectivity index (χ2n) is 6.10. The van der Waals surface area contributed by atoms with Gasteiger partial charge in [-0.3, -0.25) is 4.98 Å². The largest absolute Gasteiger partial charge is 0.343 e. The summed E-state index contributed by atoms with van der Waals surface area (Å²) in [7, 11) is 0. The number of nitrogens with zero attached hydrogens (tertiary/aromatic N) is 6. The molecular formula is C18H11N9. The normalized spacial score (nSPS) is 11.7. The standard InChI is InChI=1S/C18H11N9/c1-2-12(23-15-10(1)20-8-21-15)17-25-13-4-3-11(24-18(13)27-17)16-22-9-5-6-19-7-14(9)26-16/h1-8H,(H,22,26)(H,20,21,23)(H,24,25,27). The molecule has 6 heterocycles. The van der Waals surface area contributed by atoms with Crippen LogP contribution in [-0.2, 0) is 0 Å². The van der Waals surface area contributed by atoms with Crippen molar-refractivity contribution in [1.29, 1.82) is 0 Å². The number of pyridine rings is 3. The van der Waals surface area contributed by atoms with Crippen molar-refractivity contribution in [2.75, 3.05) is 0 Å². The molecule has 0 spiro atoms. The molecule has 6 aromatic rings. The lowest BCUT2D eigenvalue weighted by Crippen LogP contribution is -1.87. The highest BCUT2D eigenvalue weighted by molar-refractivity contribution is 5.81. The predicted molar refractivity (Wildman–Crippen MR) is 99.7 cm³/mol. The topological polar surface area (TPSA) is 125 Å². The van der Waals surface area contributed by atoms with Gasteiger partial charge in [0.25, 0.3) is 0 Å². The second kappa shape index (κ2) is 5.18. The van der Waals surface area contributed by atoms with Crippen LogP contribution in [-0.4, -0.2) is 44.9 Å². The zero-order valence-electron chi connectivity index (χ0n) is 13.8. The lowest BCUT2D eigenvalue weighted by molar-refractivity contribution is 1.23. The summed E-state index contributed by atoms with van der Waals surface area (Å²) in [4.78, 5) is 36.1. The van der Waals surface area contributed by atoms with Crippen LogP contribution < -0.4 is 0 Å². The van der Waals surface area contributed by atoms with Crippen LogP contribution in [0.4, 0.5) is 0 Å². The number of aromatic amines is 3. The third kappa shape index (κ3) is 2.18. The van der Waals surface area contributed by atoms with Crippen LogP contribution in [0.1, 0.15) is 0 Å². The van der Waals surface area contributed by atoms with E-state index in [-0.39, 0.29) is 0 Å². The fourth-order valence-corrected chi connectivity index (χ4v) is 3.08. The zero-order valence-corrected chi connectivity index (χ0v) is 13.8. The van der Waals surface area contributed by atoms with E-state index in [0.29, 0.717) is 34.3 Å². The molecule has 128 valence electrons. The molecule has 6 rings (SSSR count). The molecule has 0 saturated heterocycles. The highest BCUT2D eigenvalue weighted by Gasteiger charge is 2.12. The number of hydrogen-bond donors (Lipinski definition) is 3. The highest BCUT2D eigenvalue weighted by atomic mass is 15.0. The molecular weight excluding hydrogens is 342 g/mol. The average Bonchev–Trinajstić information content (AvgIpc) is 3.42. The quantitative estimate of drug-likeness (QED) is 0.439. The molecule has 0 aliphatic carbocycles. The molecule has 9 nitrogen and oxygen atoms in total. The summed E-state index contributed by atoms with van der Waals surface area (Å²) >= 11 is 0. The molecule has 27 heavy (non-hydrogen) atoms. The van der Waals surface area contributed by atoms with E-state index in [2.05, 4.69) is 44.9 Å². The third-order valence-electron chi connectivity index (χ3n) is 4.40. The smallest absolute Gasteiger partial charge is 0.178 e. The van der Waals surface area contributed by atoms with E-state index in [0.717, 1.165) is 22.1 Å². The molecule has 0 fully saturated rings. The van der Waals surface area contributed by atoms with Crippen LogP contribution in [0.2, 0.25) is 0 Å². The van der Waals surface area contributed by atoms with Crippen LogP contribution in [0.25, 0.3) is 56.4 Å². The van der Waals surface area contributed by atoms with Crippen molar-refractivity contribution in [1.82, 2.24) is 44.9 Å². The number of rotatable bonds is 2. The Kier molecular flexibility index (Phi) is 2.70. The summed E-state index contributed by atoms with van der Waals surface area (Å²) in [6.45, 7) is 0. The SMILES string of the molecule is c1cc2nc(-c3ccc4[nH]c(-c5ccc6[nH]cnc6n5)nc4n3)[nH]c2cn1. The van der Waals surface area contributed by atoms with Crippen LogP contribution in [0.3, 0.4) is 0 Å². The Morgan fingerprint density at radius 3 is 2.33 bits per heavy atom. The van der Waals surface area contributed by atoms with Crippen LogP contribution >= 0.6 is 0 Å². The van der Waals surface area contributed by atoms with Gasteiger partial charge >= 0.3 is 0 Å². The summed E-state index contributed by atoms with van der Waals surface area (Å²) in [5.74, 6) is 1.33. The maximum Gasteiger partial charge on any atom is 0.178 e. The summed E-state index contributed by atoms with van der Waals surface area (Å²) in [5.41, 5.74) is 6.11. The molecule has 0 aliphatic heterocycles. The van der Waals surface area contributed by atoms with Crippen LogP contribution in [0.15, 0.2) is 49.1 Å². The Labute approximate surface area is 151 Å². The minimum atomic E-state index is 0.602. The van der Waals surface area contributed by atoms with Crippen molar-refractivity contribution >= 4 is 33.4 Å².